The third kappa shape index (κ3) is 2.53. The summed E-state index contributed by atoms with van der Waals surface area (Å²) in [5.74, 6) is 0.698. The number of hydrogen-bond acceptors (Lipinski definition) is 6. The van der Waals surface area contributed by atoms with Crippen LogP contribution in [-0.4, -0.2) is 32.2 Å². The van der Waals surface area contributed by atoms with Gasteiger partial charge < -0.3 is 4.90 Å². The van der Waals surface area contributed by atoms with Crippen molar-refractivity contribution in [3.8, 4) is 5.69 Å². The van der Waals surface area contributed by atoms with Gasteiger partial charge in [-0.3, -0.25) is 0 Å². The van der Waals surface area contributed by atoms with Crippen LogP contribution in [0.1, 0.15) is 10.7 Å². The number of rotatable bonds is 4. The van der Waals surface area contributed by atoms with Crippen molar-refractivity contribution in [3.05, 3.63) is 46.4 Å². The largest absolute Gasteiger partial charge is 0.336 e. The molecule has 0 N–H and O–H groups in total. The summed E-state index contributed by atoms with van der Waals surface area (Å²) < 4.78 is 1.72. The van der Waals surface area contributed by atoms with Crippen molar-refractivity contribution < 1.29 is 0 Å². The van der Waals surface area contributed by atoms with Gasteiger partial charge in [-0.05, 0) is 29.5 Å². The summed E-state index contributed by atoms with van der Waals surface area (Å²) in [4.78, 5) is 6.45. The van der Waals surface area contributed by atoms with Crippen LogP contribution in [0.15, 0.2) is 35.7 Å². The second-order valence-corrected chi connectivity index (χ2v) is 5.41. The molecule has 0 unspecified atom stereocenters. The lowest BCUT2D eigenvalue weighted by atomic mass is 10.3. The van der Waals surface area contributed by atoms with Crippen LogP contribution >= 0.6 is 11.3 Å². The Bertz CT molecular complexity index is 690. The number of hydrogen-bond donors (Lipinski definition) is 0. The van der Waals surface area contributed by atoms with Crippen molar-refractivity contribution in [1.82, 2.24) is 25.2 Å². The van der Waals surface area contributed by atoms with E-state index in [1.807, 2.05) is 54.6 Å². The van der Waals surface area contributed by atoms with Crippen molar-refractivity contribution >= 4 is 17.3 Å². The summed E-state index contributed by atoms with van der Waals surface area (Å²) in [6.07, 6.45) is 0. The zero-order chi connectivity index (χ0) is 13.9. The molecule has 20 heavy (non-hydrogen) atoms. The third-order valence-corrected chi connectivity index (χ3v) is 3.79. The first kappa shape index (κ1) is 12.7. The fraction of sp³-hybridized carbons (Fsp3) is 0.231. The highest BCUT2D eigenvalue weighted by Gasteiger charge is 2.14. The maximum atomic E-state index is 4.46. The molecule has 0 aliphatic heterocycles. The fourth-order valence-electron chi connectivity index (χ4n) is 1.91. The molecule has 0 saturated carbocycles. The maximum Gasteiger partial charge on any atom is 0.250 e. The van der Waals surface area contributed by atoms with Gasteiger partial charge >= 0.3 is 0 Å². The zero-order valence-corrected chi connectivity index (χ0v) is 12.1. The summed E-state index contributed by atoms with van der Waals surface area (Å²) in [7, 11) is 1.96. The SMILES string of the molecule is Cc1csc(CN(C)c2nnnn2-c2ccccc2)n1. The smallest absolute Gasteiger partial charge is 0.250 e. The van der Waals surface area contributed by atoms with Crippen LogP contribution in [0.5, 0.6) is 0 Å². The lowest BCUT2D eigenvalue weighted by Gasteiger charge is -2.16. The summed E-state index contributed by atoms with van der Waals surface area (Å²) in [6.45, 7) is 2.68. The van der Waals surface area contributed by atoms with Gasteiger partial charge in [0.15, 0.2) is 0 Å². The molecule has 0 fully saturated rings. The van der Waals surface area contributed by atoms with E-state index in [1.165, 1.54) is 0 Å². The lowest BCUT2D eigenvalue weighted by molar-refractivity contribution is 0.770. The predicted octanol–water partition coefficient (Wildman–Crippen LogP) is 2.06. The van der Waals surface area contributed by atoms with E-state index in [9.17, 15) is 0 Å². The van der Waals surface area contributed by atoms with Gasteiger partial charge in [0.1, 0.15) is 5.01 Å². The van der Waals surface area contributed by atoms with Crippen molar-refractivity contribution in [1.29, 1.82) is 0 Å². The summed E-state index contributed by atoms with van der Waals surface area (Å²) >= 11 is 1.65. The lowest BCUT2D eigenvalue weighted by Crippen LogP contribution is -2.20. The molecule has 6 nitrogen and oxygen atoms in total. The first-order chi connectivity index (χ1) is 9.74. The Hall–Kier alpha value is -2.28. The Kier molecular flexibility index (Phi) is 3.42. The number of aromatic nitrogens is 5. The van der Waals surface area contributed by atoms with Crippen LogP contribution in [0.25, 0.3) is 5.69 Å². The Labute approximate surface area is 120 Å². The molecule has 1 aromatic carbocycles. The molecular weight excluding hydrogens is 272 g/mol. The number of nitrogens with zero attached hydrogens (tertiary/aromatic N) is 6. The normalized spacial score (nSPS) is 10.7. The number of benzene rings is 1. The number of aryl methyl sites for hydroxylation is 1. The molecule has 0 bridgehead atoms. The van der Waals surface area contributed by atoms with Gasteiger partial charge in [0, 0.05) is 18.1 Å². The Balaban J connectivity index is 1.86. The second-order valence-electron chi connectivity index (χ2n) is 4.46. The minimum atomic E-state index is 0.686. The quantitative estimate of drug-likeness (QED) is 0.734. The molecule has 0 aliphatic carbocycles. The van der Waals surface area contributed by atoms with E-state index in [0.717, 1.165) is 16.4 Å². The highest BCUT2D eigenvalue weighted by Crippen LogP contribution is 2.17. The molecule has 0 radical (unpaired) electrons. The van der Waals surface area contributed by atoms with Crippen molar-refractivity contribution in [2.24, 2.45) is 0 Å². The highest BCUT2D eigenvalue weighted by molar-refractivity contribution is 7.09. The minimum Gasteiger partial charge on any atom is -0.336 e. The Morgan fingerprint density at radius 2 is 2.05 bits per heavy atom. The molecule has 3 aromatic rings. The number of thiazole rings is 1. The number of tetrazole rings is 1. The van der Waals surface area contributed by atoms with E-state index < -0.39 is 0 Å². The van der Waals surface area contributed by atoms with Crippen LogP contribution in [0.4, 0.5) is 5.95 Å². The van der Waals surface area contributed by atoms with Gasteiger partial charge in [0.05, 0.1) is 12.2 Å². The number of para-hydroxylation sites is 1. The molecule has 0 amide bonds. The van der Waals surface area contributed by atoms with Crippen LogP contribution in [0.3, 0.4) is 0 Å². The molecule has 0 spiro atoms. The highest BCUT2D eigenvalue weighted by atomic mass is 32.1. The standard InChI is InChI=1S/C13H14N6S/c1-10-9-20-12(14-10)8-18(2)13-15-16-17-19(13)11-6-4-3-5-7-11/h3-7,9H,8H2,1-2H3. The van der Waals surface area contributed by atoms with Gasteiger partial charge in [-0.15, -0.1) is 11.3 Å². The van der Waals surface area contributed by atoms with E-state index in [1.54, 1.807) is 16.0 Å². The van der Waals surface area contributed by atoms with E-state index >= 15 is 0 Å². The van der Waals surface area contributed by atoms with Crippen LogP contribution in [0, 0.1) is 6.92 Å². The monoisotopic (exact) mass is 286 g/mol. The van der Waals surface area contributed by atoms with E-state index in [4.69, 9.17) is 0 Å². The Morgan fingerprint density at radius 3 is 2.75 bits per heavy atom. The van der Waals surface area contributed by atoms with Crippen LogP contribution in [-0.2, 0) is 6.54 Å². The maximum absolute atomic E-state index is 4.46. The number of anilines is 1. The van der Waals surface area contributed by atoms with Gasteiger partial charge in [0.25, 0.3) is 0 Å². The first-order valence-corrected chi connectivity index (χ1v) is 7.08. The molecule has 0 aliphatic rings. The Morgan fingerprint density at radius 1 is 1.25 bits per heavy atom. The molecule has 102 valence electrons. The predicted molar refractivity (Wildman–Crippen MR) is 78.1 cm³/mol. The fourth-order valence-corrected chi connectivity index (χ4v) is 2.73. The van der Waals surface area contributed by atoms with Crippen LogP contribution < -0.4 is 4.90 Å². The second kappa shape index (κ2) is 5.38. The minimum absolute atomic E-state index is 0.686. The van der Waals surface area contributed by atoms with Crippen molar-refractivity contribution in [2.75, 3.05) is 11.9 Å². The molecular formula is C13H14N6S. The van der Waals surface area contributed by atoms with Gasteiger partial charge in [-0.2, -0.15) is 4.68 Å². The molecule has 2 heterocycles. The molecule has 7 heteroatoms. The van der Waals surface area contributed by atoms with Crippen LogP contribution in [0.2, 0.25) is 0 Å². The van der Waals surface area contributed by atoms with Gasteiger partial charge in [-0.25, -0.2) is 4.98 Å². The summed E-state index contributed by atoms with van der Waals surface area (Å²) in [6, 6.07) is 9.84. The van der Waals surface area contributed by atoms with Crippen molar-refractivity contribution in [2.45, 2.75) is 13.5 Å². The average molecular weight is 286 g/mol. The summed E-state index contributed by atoms with van der Waals surface area (Å²) in [5.41, 5.74) is 1.98. The van der Waals surface area contributed by atoms with Gasteiger partial charge in [-0.1, -0.05) is 23.3 Å². The summed E-state index contributed by atoms with van der Waals surface area (Å²) in [5, 5.41) is 15.0. The first-order valence-electron chi connectivity index (χ1n) is 6.20. The van der Waals surface area contributed by atoms with Crippen molar-refractivity contribution in [3.63, 3.8) is 0 Å². The molecule has 0 atom stereocenters. The average Bonchev–Trinajstić information content (AvgIpc) is 3.09. The zero-order valence-electron chi connectivity index (χ0n) is 11.3. The van der Waals surface area contributed by atoms with E-state index in [-0.39, 0.29) is 0 Å². The molecule has 2 aromatic heterocycles. The van der Waals surface area contributed by atoms with Gasteiger partial charge in [0.2, 0.25) is 5.95 Å². The van der Waals surface area contributed by atoms with E-state index in [2.05, 4.69) is 20.5 Å². The topological polar surface area (TPSA) is 59.7 Å². The molecule has 3 rings (SSSR count). The third-order valence-electron chi connectivity index (χ3n) is 2.83. The van der Waals surface area contributed by atoms with E-state index in [0.29, 0.717) is 12.5 Å². The molecule has 0 saturated heterocycles.